The van der Waals surface area contributed by atoms with Crippen molar-refractivity contribution < 1.29 is 23.5 Å². The van der Waals surface area contributed by atoms with Gasteiger partial charge in [-0.15, -0.1) is 0 Å². The molecule has 2 aliphatic rings. The van der Waals surface area contributed by atoms with Gasteiger partial charge in [-0.25, -0.2) is 9.18 Å². The number of carbonyl (C=O) groups excluding carboxylic acids is 3. The van der Waals surface area contributed by atoms with Crippen LogP contribution in [0.3, 0.4) is 0 Å². The Bertz CT molecular complexity index is 1090. The van der Waals surface area contributed by atoms with Gasteiger partial charge in [0, 0.05) is 37.8 Å². The molecule has 2 aromatic rings. The lowest BCUT2D eigenvalue weighted by atomic mass is 10.0. The minimum atomic E-state index is -0.571. The number of carbonyl (C=O) groups is 3. The predicted octanol–water partition coefficient (Wildman–Crippen LogP) is 2.53. The van der Waals surface area contributed by atoms with E-state index in [2.05, 4.69) is 10.4 Å². The number of benzene rings is 1. The fourth-order valence-electron chi connectivity index (χ4n) is 4.02. The summed E-state index contributed by atoms with van der Waals surface area (Å²) in [6, 6.07) is 3.55. The summed E-state index contributed by atoms with van der Waals surface area (Å²) in [7, 11) is 1.63. The summed E-state index contributed by atoms with van der Waals surface area (Å²) >= 11 is 5.79. The van der Waals surface area contributed by atoms with Gasteiger partial charge in [0.1, 0.15) is 11.5 Å². The van der Waals surface area contributed by atoms with Crippen molar-refractivity contribution in [2.75, 3.05) is 32.1 Å². The van der Waals surface area contributed by atoms with Gasteiger partial charge < -0.3 is 19.9 Å². The molecule has 2 aliphatic heterocycles. The highest BCUT2D eigenvalue weighted by molar-refractivity contribution is 6.31. The van der Waals surface area contributed by atoms with Crippen molar-refractivity contribution in [1.82, 2.24) is 19.6 Å². The molecule has 1 aromatic carbocycles. The summed E-state index contributed by atoms with van der Waals surface area (Å²) in [5.74, 6) is -1.71. The molecular formula is C21H23ClFN5O4. The normalized spacial score (nSPS) is 18.0. The third-order valence-corrected chi connectivity index (χ3v) is 5.91. The topological polar surface area (TPSA) is 96.8 Å². The van der Waals surface area contributed by atoms with Gasteiger partial charge in [-0.3, -0.25) is 14.3 Å². The number of fused-ring (bicyclic) bond motifs is 3. The smallest absolute Gasteiger partial charge is 0.322 e. The van der Waals surface area contributed by atoms with E-state index >= 15 is 0 Å². The van der Waals surface area contributed by atoms with E-state index in [-0.39, 0.29) is 43.1 Å². The Morgan fingerprint density at radius 2 is 2.12 bits per heavy atom. The second kappa shape index (κ2) is 8.78. The van der Waals surface area contributed by atoms with Crippen molar-refractivity contribution in [2.24, 2.45) is 5.92 Å². The number of esters is 1. The van der Waals surface area contributed by atoms with E-state index in [0.717, 1.165) is 5.69 Å². The third-order valence-electron chi connectivity index (χ3n) is 5.62. The lowest BCUT2D eigenvalue weighted by molar-refractivity contribution is -0.148. The minimum Gasteiger partial charge on any atom is -0.466 e. The van der Waals surface area contributed by atoms with Gasteiger partial charge in [0.05, 0.1) is 36.3 Å². The molecule has 11 heteroatoms. The number of rotatable bonds is 3. The molecule has 4 rings (SSSR count). The molecule has 3 heterocycles. The zero-order chi connectivity index (χ0) is 23.0. The summed E-state index contributed by atoms with van der Waals surface area (Å²) in [6.45, 7) is 3.05. The summed E-state index contributed by atoms with van der Waals surface area (Å²) in [4.78, 5) is 41.2. The summed E-state index contributed by atoms with van der Waals surface area (Å²) in [5.41, 5.74) is 2.16. The Morgan fingerprint density at radius 1 is 1.34 bits per heavy atom. The van der Waals surface area contributed by atoms with Crippen molar-refractivity contribution >= 4 is 35.2 Å². The molecule has 0 fully saturated rings. The Kier molecular flexibility index (Phi) is 6.05. The Balaban J connectivity index is 1.56. The van der Waals surface area contributed by atoms with Crippen LogP contribution in [0.4, 0.5) is 14.9 Å². The van der Waals surface area contributed by atoms with Crippen LogP contribution in [0.25, 0.3) is 0 Å². The molecule has 0 bridgehead atoms. The zero-order valence-corrected chi connectivity index (χ0v) is 18.5. The number of hydrogen-bond acceptors (Lipinski definition) is 5. The first-order valence-corrected chi connectivity index (χ1v) is 10.7. The van der Waals surface area contributed by atoms with Gasteiger partial charge in [0.25, 0.3) is 5.91 Å². The second-order valence-corrected chi connectivity index (χ2v) is 8.23. The van der Waals surface area contributed by atoms with Crippen LogP contribution >= 0.6 is 11.6 Å². The lowest BCUT2D eigenvalue weighted by Gasteiger charge is -2.27. The number of hydrogen-bond donors (Lipinski definition) is 1. The van der Waals surface area contributed by atoms with Crippen LogP contribution in [0, 0.1) is 11.7 Å². The maximum absolute atomic E-state index is 13.4. The number of urea groups is 1. The summed E-state index contributed by atoms with van der Waals surface area (Å²) < 4.78 is 20.1. The number of amides is 3. The molecule has 32 heavy (non-hydrogen) atoms. The maximum atomic E-state index is 13.4. The molecule has 1 aromatic heterocycles. The molecule has 0 radical (unpaired) electrons. The van der Waals surface area contributed by atoms with Crippen molar-refractivity contribution in [3.63, 3.8) is 0 Å². The van der Waals surface area contributed by atoms with Crippen LogP contribution in [0.2, 0.25) is 5.02 Å². The van der Waals surface area contributed by atoms with Crippen molar-refractivity contribution in [1.29, 1.82) is 0 Å². The van der Waals surface area contributed by atoms with Gasteiger partial charge in [-0.05, 0) is 25.1 Å². The number of ether oxygens (including phenoxy) is 1. The number of nitrogens with one attached hydrogen (secondary N) is 1. The zero-order valence-electron chi connectivity index (χ0n) is 17.7. The van der Waals surface area contributed by atoms with Gasteiger partial charge in [-0.2, -0.15) is 5.10 Å². The van der Waals surface area contributed by atoms with E-state index in [1.54, 1.807) is 23.6 Å². The summed E-state index contributed by atoms with van der Waals surface area (Å²) in [5, 5.41) is 7.19. The molecule has 1 atom stereocenters. The molecule has 0 saturated carbocycles. The average molecular weight is 464 g/mol. The lowest BCUT2D eigenvalue weighted by Crippen LogP contribution is -2.40. The number of anilines is 1. The summed E-state index contributed by atoms with van der Waals surface area (Å²) in [6.07, 6.45) is 0.466. The first-order chi connectivity index (χ1) is 15.3. The Hall–Kier alpha value is -3.14. The van der Waals surface area contributed by atoms with E-state index in [0.29, 0.717) is 29.9 Å². The average Bonchev–Trinajstić information content (AvgIpc) is 3.06. The highest BCUT2D eigenvalue weighted by Gasteiger charge is 2.36. The molecule has 0 spiro atoms. The van der Waals surface area contributed by atoms with Crippen LogP contribution in [0.15, 0.2) is 18.2 Å². The molecule has 1 N–H and O–H groups in total. The molecule has 0 aliphatic carbocycles. The van der Waals surface area contributed by atoms with E-state index in [4.69, 9.17) is 16.3 Å². The molecule has 1 unspecified atom stereocenters. The Morgan fingerprint density at radius 3 is 2.84 bits per heavy atom. The number of halogens is 2. The monoisotopic (exact) mass is 463 g/mol. The quantitative estimate of drug-likeness (QED) is 0.705. The highest BCUT2D eigenvalue weighted by atomic mass is 35.5. The van der Waals surface area contributed by atoms with Crippen LogP contribution in [-0.2, 0) is 29.0 Å². The molecular weight excluding hydrogens is 441 g/mol. The van der Waals surface area contributed by atoms with Gasteiger partial charge in [-0.1, -0.05) is 11.6 Å². The predicted molar refractivity (Wildman–Crippen MR) is 114 cm³/mol. The Labute approximate surface area is 189 Å². The molecule has 3 amide bonds. The standard InChI is InChI=1S/C21H23ClFN5O4/c1-3-32-20(30)12-9-26(2)19(29)18-14-11-27(7-6-17(14)25-28(18)10-12)21(31)24-13-4-5-16(23)15(22)8-13/h4-5,8,12H,3,6-7,9-11H2,1-2H3,(H,24,31). The van der Waals surface area contributed by atoms with E-state index < -0.39 is 17.8 Å². The first-order valence-electron chi connectivity index (χ1n) is 10.3. The molecule has 170 valence electrons. The maximum Gasteiger partial charge on any atom is 0.322 e. The van der Waals surface area contributed by atoms with Gasteiger partial charge in [0.2, 0.25) is 0 Å². The first kappa shape index (κ1) is 22.1. The van der Waals surface area contributed by atoms with Crippen molar-refractivity contribution in [2.45, 2.75) is 26.4 Å². The van der Waals surface area contributed by atoms with E-state index in [1.807, 2.05) is 0 Å². The van der Waals surface area contributed by atoms with Crippen LogP contribution in [0.1, 0.15) is 28.7 Å². The van der Waals surface area contributed by atoms with E-state index in [1.165, 1.54) is 23.1 Å². The second-order valence-electron chi connectivity index (χ2n) is 7.82. The van der Waals surface area contributed by atoms with Crippen molar-refractivity contribution in [3.05, 3.63) is 46.0 Å². The van der Waals surface area contributed by atoms with Gasteiger partial charge >= 0.3 is 12.0 Å². The van der Waals surface area contributed by atoms with E-state index in [9.17, 15) is 18.8 Å². The fourth-order valence-corrected chi connectivity index (χ4v) is 4.20. The SMILES string of the molecule is CCOC(=O)C1CN(C)C(=O)c2c3c(nn2C1)CCN(C(=O)Nc1ccc(F)c(Cl)c1)C3. The largest absolute Gasteiger partial charge is 0.466 e. The van der Waals surface area contributed by atoms with Gasteiger partial charge in [0.15, 0.2) is 0 Å². The van der Waals surface area contributed by atoms with Crippen LogP contribution < -0.4 is 5.32 Å². The molecule has 9 nitrogen and oxygen atoms in total. The number of nitrogens with zero attached hydrogens (tertiary/aromatic N) is 4. The molecule has 0 saturated heterocycles. The number of aromatic nitrogens is 2. The fraction of sp³-hybridized carbons (Fsp3) is 0.429. The van der Waals surface area contributed by atoms with Crippen LogP contribution in [0.5, 0.6) is 0 Å². The third kappa shape index (κ3) is 4.14. The van der Waals surface area contributed by atoms with Crippen molar-refractivity contribution in [3.8, 4) is 0 Å². The van der Waals surface area contributed by atoms with Crippen LogP contribution in [-0.4, -0.2) is 64.2 Å². The minimum absolute atomic E-state index is 0.0875. The highest BCUT2D eigenvalue weighted by Crippen LogP contribution is 2.27.